The smallest absolute Gasteiger partial charge is 0.408 e. The summed E-state index contributed by atoms with van der Waals surface area (Å²) in [4.78, 5) is 23.8. The van der Waals surface area contributed by atoms with Gasteiger partial charge in [-0.25, -0.2) is 4.79 Å². The van der Waals surface area contributed by atoms with Crippen LogP contribution in [0.2, 0.25) is 0 Å². The Morgan fingerprint density at radius 2 is 1.88 bits per heavy atom. The van der Waals surface area contributed by atoms with Crippen molar-refractivity contribution in [3.63, 3.8) is 0 Å². The van der Waals surface area contributed by atoms with E-state index in [0.717, 1.165) is 32.0 Å². The summed E-state index contributed by atoms with van der Waals surface area (Å²) in [6.07, 6.45) is 3.64. The summed E-state index contributed by atoms with van der Waals surface area (Å²) in [5.74, 6) is -0.135. The van der Waals surface area contributed by atoms with Crippen LogP contribution in [0.1, 0.15) is 46.5 Å². The zero-order valence-corrected chi connectivity index (χ0v) is 10.3. The molecule has 0 aromatic rings. The molecule has 1 rings (SSSR count). The van der Waals surface area contributed by atoms with Gasteiger partial charge in [0, 0.05) is 17.5 Å². The number of carbonyl (C=O) groups excluding carboxylic acids is 1. The Kier molecular flexibility index (Phi) is 3.94. The maximum Gasteiger partial charge on any atom is 0.408 e. The molecule has 4 heteroatoms. The first kappa shape index (κ1) is 13.0. The van der Waals surface area contributed by atoms with Crippen molar-refractivity contribution in [1.29, 1.82) is 0 Å². The van der Waals surface area contributed by atoms with Gasteiger partial charge >= 0.3 is 6.09 Å². The predicted molar refractivity (Wildman–Crippen MR) is 61.4 cm³/mol. The van der Waals surface area contributed by atoms with Crippen LogP contribution < -0.4 is 0 Å². The van der Waals surface area contributed by atoms with Gasteiger partial charge in [0.2, 0.25) is 0 Å². The van der Waals surface area contributed by atoms with E-state index in [9.17, 15) is 14.7 Å². The molecule has 0 aromatic carbocycles. The molecule has 0 saturated heterocycles. The van der Waals surface area contributed by atoms with Gasteiger partial charge in [-0.3, -0.25) is 4.90 Å². The molecule has 1 saturated carbocycles. The molecule has 1 aliphatic carbocycles. The molecule has 0 bridgehead atoms. The largest absolute Gasteiger partial charge is 0.465 e. The SMILES string of the molecule is CC(C)(C)N(C(=O)O)[C@@H]1CCCC[C@@H]1C=O. The lowest BCUT2D eigenvalue weighted by molar-refractivity contribution is -0.114. The van der Waals surface area contributed by atoms with E-state index in [-0.39, 0.29) is 12.0 Å². The van der Waals surface area contributed by atoms with Gasteiger partial charge in [-0.15, -0.1) is 0 Å². The van der Waals surface area contributed by atoms with Gasteiger partial charge in [0.05, 0.1) is 0 Å². The van der Waals surface area contributed by atoms with E-state index >= 15 is 0 Å². The van der Waals surface area contributed by atoms with Crippen molar-refractivity contribution in [2.75, 3.05) is 0 Å². The van der Waals surface area contributed by atoms with E-state index in [2.05, 4.69) is 0 Å². The van der Waals surface area contributed by atoms with Crippen LogP contribution in [0.15, 0.2) is 0 Å². The van der Waals surface area contributed by atoms with Gasteiger partial charge in [0.25, 0.3) is 0 Å². The molecule has 0 unspecified atom stereocenters. The second-order valence-corrected chi connectivity index (χ2v) is 5.48. The molecule has 16 heavy (non-hydrogen) atoms. The molecular formula is C12H21NO3. The van der Waals surface area contributed by atoms with Gasteiger partial charge in [-0.05, 0) is 33.6 Å². The minimum absolute atomic E-state index is 0.135. The highest BCUT2D eigenvalue weighted by atomic mass is 16.4. The average molecular weight is 227 g/mol. The summed E-state index contributed by atoms with van der Waals surface area (Å²) < 4.78 is 0. The lowest BCUT2D eigenvalue weighted by Gasteiger charge is -2.43. The second kappa shape index (κ2) is 4.85. The number of carboxylic acid groups (broad SMARTS) is 1. The zero-order chi connectivity index (χ0) is 12.3. The van der Waals surface area contributed by atoms with Gasteiger partial charge < -0.3 is 9.90 Å². The van der Waals surface area contributed by atoms with Gasteiger partial charge in [0.1, 0.15) is 6.29 Å². The molecule has 1 amide bonds. The number of hydrogen-bond donors (Lipinski definition) is 1. The third-order valence-electron chi connectivity index (χ3n) is 3.22. The molecule has 1 fully saturated rings. The van der Waals surface area contributed by atoms with E-state index in [0.29, 0.717) is 0 Å². The van der Waals surface area contributed by atoms with Crippen molar-refractivity contribution in [1.82, 2.24) is 4.90 Å². The minimum atomic E-state index is -0.925. The van der Waals surface area contributed by atoms with Crippen LogP contribution in [-0.2, 0) is 4.79 Å². The summed E-state index contributed by atoms with van der Waals surface area (Å²) in [5, 5.41) is 9.28. The fourth-order valence-electron chi connectivity index (χ4n) is 2.55. The molecule has 92 valence electrons. The Morgan fingerprint density at radius 3 is 2.31 bits per heavy atom. The third kappa shape index (κ3) is 2.74. The third-order valence-corrected chi connectivity index (χ3v) is 3.22. The second-order valence-electron chi connectivity index (χ2n) is 5.48. The maximum atomic E-state index is 11.3. The molecule has 0 spiro atoms. The number of carbonyl (C=O) groups is 2. The fourth-order valence-corrected chi connectivity index (χ4v) is 2.55. The van der Waals surface area contributed by atoms with Gasteiger partial charge in [-0.1, -0.05) is 12.8 Å². The summed E-state index contributed by atoms with van der Waals surface area (Å²) >= 11 is 0. The molecule has 1 aliphatic rings. The normalized spacial score (nSPS) is 26.2. The van der Waals surface area contributed by atoms with E-state index in [4.69, 9.17) is 0 Å². The highest BCUT2D eigenvalue weighted by Crippen LogP contribution is 2.31. The molecule has 0 radical (unpaired) electrons. The minimum Gasteiger partial charge on any atom is -0.465 e. The Balaban J connectivity index is 2.92. The maximum absolute atomic E-state index is 11.3. The molecular weight excluding hydrogens is 206 g/mol. The van der Waals surface area contributed by atoms with Gasteiger partial charge in [-0.2, -0.15) is 0 Å². The number of nitrogens with zero attached hydrogens (tertiary/aromatic N) is 1. The van der Waals surface area contributed by atoms with Crippen molar-refractivity contribution in [3.8, 4) is 0 Å². The Hall–Kier alpha value is -1.06. The predicted octanol–water partition coefficient (Wildman–Crippen LogP) is 2.52. The summed E-state index contributed by atoms with van der Waals surface area (Å²) in [6, 6.07) is -0.149. The first-order chi connectivity index (χ1) is 7.38. The molecule has 2 atom stereocenters. The first-order valence-corrected chi connectivity index (χ1v) is 5.85. The lowest BCUT2D eigenvalue weighted by atomic mass is 9.83. The van der Waals surface area contributed by atoms with Crippen LogP contribution in [0.4, 0.5) is 4.79 Å². The number of amides is 1. The summed E-state index contributed by atoms with van der Waals surface area (Å²) in [6.45, 7) is 5.62. The zero-order valence-electron chi connectivity index (χ0n) is 10.3. The van der Waals surface area contributed by atoms with Crippen molar-refractivity contribution in [2.45, 2.75) is 58.0 Å². The summed E-state index contributed by atoms with van der Waals surface area (Å²) in [7, 11) is 0. The Morgan fingerprint density at radius 1 is 1.31 bits per heavy atom. The monoisotopic (exact) mass is 227 g/mol. The molecule has 4 nitrogen and oxygen atoms in total. The van der Waals surface area contributed by atoms with Crippen molar-refractivity contribution in [3.05, 3.63) is 0 Å². The average Bonchev–Trinajstić information content (AvgIpc) is 2.15. The van der Waals surface area contributed by atoms with Crippen LogP contribution in [0.3, 0.4) is 0 Å². The molecule has 0 aliphatic heterocycles. The van der Waals surface area contributed by atoms with E-state index in [1.807, 2.05) is 20.8 Å². The van der Waals surface area contributed by atoms with Crippen LogP contribution in [0.25, 0.3) is 0 Å². The van der Waals surface area contributed by atoms with E-state index < -0.39 is 11.6 Å². The van der Waals surface area contributed by atoms with Crippen LogP contribution >= 0.6 is 0 Å². The molecule has 0 aromatic heterocycles. The number of rotatable bonds is 2. The van der Waals surface area contributed by atoms with Crippen LogP contribution in [0.5, 0.6) is 0 Å². The van der Waals surface area contributed by atoms with Gasteiger partial charge in [0.15, 0.2) is 0 Å². The van der Waals surface area contributed by atoms with E-state index in [1.165, 1.54) is 4.90 Å². The quantitative estimate of drug-likeness (QED) is 0.737. The van der Waals surface area contributed by atoms with Crippen molar-refractivity contribution in [2.24, 2.45) is 5.92 Å². The Bertz CT molecular complexity index is 270. The van der Waals surface area contributed by atoms with Crippen molar-refractivity contribution < 1.29 is 14.7 Å². The topological polar surface area (TPSA) is 57.6 Å². The van der Waals surface area contributed by atoms with Crippen LogP contribution in [-0.4, -0.2) is 34.0 Å². The summed E-state index contributed by atoms with van der Waals surface area (Å²) in [5.41, 5.74) is -0.449. The standard InChI is InChI=1S/C12H21NO3/c1-12(2,3)13(11(15)16)10-7-5-4-6-9(10)8-14/h8-10H,4-7H2,1-3H3,(H,15,16)/t9-,10-/m1/s1. The fraction of sp³-hybridized carbons (Fsp3) is 0.833. The number of aldehydes is 1. The molecule has 1 N–H and O–H groups in total. The number of hydrogen-bond acceptors (Lipinski definition) is 2. The highest BCUT2D eigenvalue weighted by molar-refractivity contribution is 5.68. The highest BCUT2D eigenvalue weighted by Gasteiger charge is 2.38. The van der Waals surface area contributed by atoms with E-state index in [1.54, 1.807) is 0 Å². The van der Waals surface area contributed by atoms with Crippen LogP contribution in [0, 0.1) is 5.92 Å². The Labute approximate surface area is 96.6 Å². The molecule has 0 heterocycles. The van der Waals surface area contributed by atoms with Crippen molar-refractivity contribution >= 4 is 12.4 Å². The first-order valence-electron chi connectivity index (χ1n) is 5.85. The lowest BCUT2D eigenvalue weighted by Crippen LogP contribution is -2.54.